The van der Waals surface area contributed by atoms with E-state index in [-0.39, 0.29) is 11.6 Å². The van der Waals surface area contributed by atoms with Gasteiger partial charge in [0.25, 0.3) is 5.91 Å². The van der Waals surface area contributed by atoms with Crippen molar-refractivity contribution in [2.24, 2.45) is 0 Å². The number of nitrogens with one attached hydrogen (secondary N) is 1. The molecule has 0 saturated carbocycles. The summed E-state index contributed by atoms with van der Waals surface area (Å²) >= 11 is 0. The van der Waals surface area contributed by atoms with Gasteiger partial charge in [-0.3, -0.25) is 9.78 Å². The molecule has 1 N–H and O–H groups in total. The predicted molar refractivity (Wildman–Crippen MR) is 86.9 cm³/mol. The van der Waals surface area contributed by atoms with E-state index < -0.39 is 0 Å². The number of nitrogens with zero attached hydrogens (tertiary/aromatic N) is 4. The van der Waals surface area contributed by atoms with Crippen molar-refractivity contribution in [1.82, 2.24) is 14.5 Å². The molecule has 23 heavy (non-hydrogen) atoms. The number of aromatic nitrogens is 3. The Hall–Kier alpha value is -3.20. The van der Waals surface area contributed by atoms with Gasteiger partial charge in [0.15, 0.2) is 0 Å². The molecule has 0 unspecified atom stereocenters. The average Bonchev–Trinajstić information content (AvgIpc) is 2.93. The molecule has 0 radical (unpaired) electrons. The Labute approximate surface area is 133 Å². The van der Waals surface area contributed by atoms with Gasteiger partial charge in [-0.15, -0.1) is 0 Å². The monoisotopic (exact) mass is 305 g/mol. The zero-order chi connectivity index (χ0) is 16.2. The molecule has 1 amide bonds. The number of carbonyl (C=O) groups excluding carboxylic acids is 1. The molecule has 0 atom stereocenters. The third kappa shape index (κ3) is 2.90. The van der Waals surface area contributed by atoms with Crippen molar-refractivity contribution in [2.75, 3.05) is 5.32 Å². The van der Waals surface area contributed by atoms with Crippen molar-refractivity contribution < 1.29 is 4.79 Å². The summed E-state index contributed by atoms with van der Waals surface area (Å²) < 4.78 is 2.06. The van der Waals surface area contributed by atoms with Gasteiger partial charge < -0.3 is 9.88 Å². The van der Waals surface area contributed by atoms with E-state index in [9.17, 15) is 10.1 Å². The second-order valence-corrected chi connectivity index (χ2v) is 5.12. The van der Waals surface area contributed by atoms with Crippen LogP contribution in [-0.4, -0.2) is 20.4 Å². The molecule has 0 aliphatic heterocycles. The first kappa shape index (κ1) is 14.7. The van der Waals surface area contributed by atoms with Crippen LogP contribution in [0.3, 0.4) is 0 Å². The van der Waals surface area contributed by atoms with Crippen LogP contribution in [0.15, 0.2) is 43.0 Å². The van der Waals surface area contributed by atoms with Gasteiger partial charge in [0, 0.05) is 41.7 Å². The minimum absolute atomic E-state index is 0.247. The molecular formula is C17H15N5O. The molecule has 0 fully saturated rings. The molecule has 0 saturated heterocycles. The van der Waals surface area contributed by atoms with E-state index in [1.54, 1.807) is 0 Å². The highest BCUT2D eigenvalue weighted by atomic mass is 16.1. The van der Waals surface area contributed by atoms with Crippen molar-refractivity contribution >= 4 is 22.5 Å². The van der Waals surface area contributed by atoms with E-state index in [2.05, 4.69) is 32.8 Å². The van der Waals surface area contributed by atoms with Crippen LogP contribution >= 0.6 is 0 Å². The van der Waals surface area contributed by atoms with Gasteiger partial charge in [0.05, 0.1) is 11.8 Å². The van der Waals surface area contributed by atoms with E-state index >= 15 is 0 Å². The van der Waals surface area contributed by atoms with Crippen LogP contribution in [0.4, 0.5) is 5.69 Å². The van der Waals surface area contributed by atoms with Crippen LogP contribution in [0.5, 0.6) is 0 Å². The van der Waals surface area contributed by atoms with E-state index in [0.717, 1.165) is 23.9 Å². The van der Waals surface area contributed by atoms with Gasteiger partial charge in [-0.2, -0.15) is 5.26 Å². The molecule has 2 heterocycles. The second-order valence-electron chi connectivity index (χ2n) is 5.12. The number of aryl methyl sites for hydroxylation is 1. The van der Waals surface area contributed by atoms with Crippen LogP contribution in [0.25, 0.3) is 10.9 Å². The summed E-state index contributed by atoms with van der Waals surface area (Å²) in [5.41, 5.74) is 2.46. The molecule has 0 aliphatic carbocycles. The highest BCUT2D eigenvalue weighted by molar-refractivity contribution is 6.04. The number of anilines is 1. The Bertz CT molecular complexity index is 892. The van der Waals surface area contributed by atoms with E-state index in [1.807, 2.05) is 24.4 Å². The number of amides is 1. The molecule has 0 bridgehead atoms. The van der Waals surface area contributed by atoms with E-state index in [0.29, 0.717) is 11.3 Å². The quantitative estimate of drug-likeness (QED) is 0.803. The fourth-order valence-electron chi connectivity index (χ4n) is 2.50. The van der Waals surface area contributed by atoms with Crippen LogP contribution < -0.4 is 5.32 Å². The molecule has 6 heteroatoms. The van der Waals surface area contributed by atoms with Crippen molar-refractivity contribution in [1.29, 1.82) is 5.26 Å². The van der Waals surface area contributed by atoms with Gasteiger partial charge in [-0.25, -0.2) is 4.98 Å². The van der Waals surface area contributed by atoms with Gasteiger partial charge in [0.2, 0.25) is 0 Å². The number of fused-ring (bicyclic) bond motifs is 1. The van der Waals surface area contributed by atoms with Gasteiger partial charge in [-0.05, 0) is 24.6 Å². The Morgan fingerprint density at radius 1 is 1.39 bits per heavy atom. The smallest absolute Gasteiger partial charge is 0.275 e. The predicted octanol–water partition coefficient (Wildman–Crippen LogP) is 2.97. The molecule has 2 aromatic heterocycles. The zero-order valence-electron chi connectivity index (χ0n) is 12.7. The normalized spacial score (nSPS) is 10.4. The molecular weight excluding hydrogens is 290 g/mol. The topological polar surface area (TPSA) is 83.6 Å². The number of nitriles is 1. The first-order valence-electron chi connectivity index (χ1n) is 7.33. The molecule has 1 aromatic carbocycles. The average molecular weight is 305 g/mol. The van der Waals surface area contributed by atoms with Crippen molar-refractivity contribution in [2.45, 2.75) is 19.9 Å². The summed E-state index contributed by atoms with van der Waals surface area (Å²) in [6.07, 6.45) is 7.23. The standard InChI is InChI=1S/C17H15N5O/c1-2-7-22-11-12(9-18)14-8-13(3-4-16(14)22)21-17(23)15-10-19-5-6-20-15/h3-6,8,10-11H,2,7H2,1H3,(H,21,23). The SMILES string of the molecule is CCCn1cc(C#N)c2cc(NC(=O)c3cnccn3)ccc21. The second kappa shape index (κ2) is 6.28. The maximum atomic E-state index is 12.1. The summed E-state index contributed by atoms with van der Waals surface area (Å²) in [4.78, 5) is 20.0. The highest BCUT2D eigenvalue weighted by Crippen LogP contribution is 2.25. The molecule has 114 valence electrons. The fraction of sp³-hybridized carbons (Fsp3) is 0.176. The maximum Gasteiger partial charge on any atom is 0.275 e. The fourth-order valence-corrected chi connectivity index (χ4v) is 2.50. The van der Waals surface area contributed by atoms with Crippen molar-refractivity contribution in [3.8, 4) is 6.07 Å². The summed E-state index contributed by atoms with van der Waals surface area (Å²) in [6.45, 7) is 2.94. The summed E-state index contributed by atoms with van der Waals surface area (Å²) in [6, 6.07) is 7.76. The van der Waals surface area contributed by atoms with E-state index in [1.165, 1.54) is 18.6 Å². The summed E-state index contributed by atoms with van der Waals surface area (Å²) in [7, 11) is 0. The lowest BCUT2D eigenvalue weighted by Crippen LogP contribution is -2.13. The third-order valence-electron chi connectivity index (χ3n) is 3.52. The molecule has 0 spiro atoms. The summed E-state index contributed by atoms with van der Waals surface area (Å²) in [5, 5.41) is 12.9. The lowest BCUT2D eigenvalue weighted by atomic mass is 10.1. The minimum Gasteiger partial charge on any atom is -0.346 e. The lowest BCUT2D eigenvalue weighted by molar-refractivity contribution is 0.102. The third-order valence-corrected chi connectivity index (χ3v) is 3.52. The zero-order valence-corrected chi connectivity index (χ0v) is 12.7. The minimum atomic E-state index is -0.330. The van der Waals surface area contributed by atoms with Gasteiger partial charge >= 0.3 is 0 Å². The molecule has 3 rings (SSSR count). The van der Waals surface area contributed by atoms with Gasteiger partial charge in [-0.1, -0.05) is 6.92 Å². The van der Waals surface area contributed by atoms with E-state index in [4.69, 9.17) is 0 Å². The van der Waals surface area contributed by atoms with Crippen molar-refractivity contribution in [3.05, 3.63) is 54.2 Å². The van der Waals surface area contributed by atoms with Crippen LogP contribution in [0.2, 0.25) is 0 Å². The molecule has 6 nitrogen and oxygen atoms in total. The van der Waals surface area contributed by atoms with Gasteiger partial charge in [0.1, 0.15) is 11.8 Å². The summed E-state index contributed by atoms with van der Waals surface area (Å²) in [5.74, 6) is -0.330. The number of benzene rings is 1. The van der Waals surface area contributed by atoms with Crippen LogP contribution in [0.1, 0.15) is 29.4 Å². The van der Waals surface area contributed by atoms with Crippen LogP contribution in [-0.2, 0) is 6.54 Å². The number of carbonyl (C=O) groups is 1. The molecule has 0 aliphatic rings. The highest BCUT2D eigenvalue weighted by Gasteiger charge is 2.11. The number of hydrogen-bond donors (Lipinski definition) is 1. The number of rotatable bonds is 4. The lowest BCUT2D eigenvalue weighted by Gasteiger charge is -2.06. The Balaban J connectivity index is 1.94. The maximum absolute atomic E-state index is 12.1. The van der Waals surface area contributed by atoms with Crippen molar-refractivity contribution in [3.63, 3.8) is 0 Å². The molecule has 3 aromatic rings. The Morgan fingerprint density at radius 2 is 2.26 bits per heavy atom. The largest absolute Gasteiger partial charge is 0.346 e. The first-order chi connectivity index (χ1) is 11.2. The van der Waals surface area contributed by atoms with Crippen LogP contribution in [0, 0.1) is 11.3 Å². The Morgan fingerprint density at radius 3 is 2.96 bits per heavy atom. The number of hydrogen-bond acceptors (Lipinski definition) is 4. The Kier molecular flexibility index (Phi) is 4.02. The first-order valence-corrected chi connectivity index (χ1v) is 7.33.